The lowest BCUT2D eigenvalue weighted by molar-refractivity contribution is -0.140. The van der Waals surface area contributed by atoms with Gasteiger partial charge < -0.3 is 49.1 Å². The van der Waals surface area contributed by atoms with Crippen molar-refractivity contribution in [3.63, 3.8) is 0 Å². The van der Waals surface area contributed by atoms with Crippen LogP contribution in [0.5, 0.6) is 5.75 Å². The van der Waals surface area contributed by atoms with Gasteiger partial charge in [-0.05, 0) is 89.9 Å². The van der Waals surface area contributed by atoms with Crippen molar-refractivity contribution in [1.29, 1.82) is 0 Å². The summed E-state index contributed by atoms with van der Waals surface area (Å²) in [5.74, 6) is 1.17. The van der Waals surface area contributed by atoms with Crippen molar-refractivity contribution < 1.29 is 42.9 Å². The first-order valence-corrected chi connectivity index (χ1v) is 22.1. The predicted octanol–water partition coefficient (Wildman–Crippen LogP) is 5.88. The number of methoxy groups -OCH3 is 4. The number of benzene rings is 3. The van der Waals surface area contributed by atoms with Crippen LogP contribution in [-0.4, -0.2) is 128 Å². The van der Waals surface area contributed by atoms with Gasteiger partial charge in [0.15, 0.2) is 0 Å². The largest absolute Gasteiger partial charge is 0.488 e. The van der Waals surface area contributed by atoms with E-state index in [2.05, 4.69) is 65.0 Å². The number of carbonyl (C=O) groups is 4. The summed E-state index contributed by atoms with van der Waals surface area (Å²) in [5, 5.41) is 7.67. The minimum atomic E-state index is -0.923. The summed E-state index contributed by atoms with van der Waals surface area (Å²) in [7, 11) is 5.98. The van der Waals surface area contributed by atoms with Crippen LogP contribution in [0.15, 0.2) is 53.7 Å². The molecule has 0 unspecified atom stereocenters. The zero-order valence-electron chi connectivity index (χ0n) is 37.9. The van der Waals surface area contributed by atoms with Crippen molar-refractivity contribution in [3.05, 3.63) is 65.6 Å². The van der Waals surface area contributed by atoms with Crippen LogP contribution in [0.1, 0.15) is 70.0 Å². The average molecular weight is 878 g/mol. The van der Waals surface area contributed by atoms with Gasteiger partial charge in [-0.25, -0.2) is 9.78 Å². The molecule has 4 aliphatic heterocycles. The molecule has 2 fully saturated rings. The first kappa shape index (κ1) is 44.8. The molecule has 16 nitrogen and oxygen atoms in total. The maximum Gasteiger partial charge on any atom is 0.407 e. The SMILES string of the molecule is CCC(=O)N[C@H](C(=O)N1C[C@@H](COC)C[C@H]1C1=Nc2ccc3cc4c(cc3c2C1)OCc1cc(-c2cnc([C@@H]3C[C@H](C)CN3C(=O)[C@@H](NC(=O)OC)[C@@H](C)OC)[nH]2)ccc1-4)[C@@H](C)OC. The summed E-state index contributed by atoms with van der Waals surface area (Å²) in [6.45, 7) is 9.31. The van der Waals surface area contributed by atoms with Crippen LogP contribution in [0, 0.1) is 11.8 Å². The summed E-state index contributed by atoms with van der Waals surface area (Å²) in [4.78, 5) is 69.8. The van der Waals surface area contributed by atoms with Crippen molar-refractivity contribution in [2.75, 3.05) is 48.1 Å². The summed E-state index contributed by atoms with van der Waals surface area (Å²) in [6, 6.07) is 12.5. The monoisotopic (exact) mass is 877 g/mol. The van der Waals surface area contributed by atoms with Crippen LogP contribution in [-0.2, 0) is 46.4 Å². The number of alkyl carbamates (subject to hydrolysis) is 1. The van der Waals surface area contributed by atoms with E-state index in [1.807, 2.05) is 4.90 Å². The zero-order chi connectivity index (χ0) is 45.4. The Hall–Kier alpha value is -5.84. The molecule has 3 aromatic carbocycles. The van der Waals surface area contributed by atoms with E-state index < -0.39 is 30.4 Å². The van der Waals surface area contributed by atoms with Crippen LogP contribution in [0.25, 0.3) is 33.2 Å². The van der Waals surface area contributed by atoms with Gasteiger partial charge >= 0.3 is 6.09 Å². The first-order valence-electron chi connectivity index (χ1n) is 22.1. The number of aromatic nitrogens is 2. The predicted molar refractivity (Wildman–Crippen MR) is 240 cm³/mol. The van der Waals surface area contributed by atoms with Crippen molar-refractivity contribution in [2.24, 2.45) is 16.8 Å². The maximum atomic E-state index is 14.2. The minimum Gasteiger partial charge on any atom is -0.488 e. The molecule has 8 atom stereocenters. The molecule has 3 N–H and O–H groups in total. The molecule has 1 aromatic heterocycles. The van der Waals surface area contributed by atoms with Crippen LogP contribution in [0.4, 0.5) is 10.5 Å². The summed E-state index contributed by atoms with van der Waals surface area (Å²) in [6.07, 6.45) is 2.28. The Kier molecular flexibility index (Phi) is 13.1. The van der Waals surface area contributed by atoms with Crippen molar-refractivity contribution in [2.45, 2.75) is 96.4 Å². The van der Waals surface area contributed by atoms with Crippen LogP contribution in [0.3, 0.4) is 0 Å². The van der Waals surface area contributed by atoms with E-state index in [-0.39, 0.29) is 48.1 Å². The molecule has 4 aromatic rings. The average Bonchev–Trinajstić information content (AvgIpc) is 4.14. The second-order valence-corrected chi connectivity index (χ2v) is 17.6. The van der Waals surface area contributed by atoms with Gasteiger partial charge in [0, 0.05) is 64.5 Å². The number of amides is 4. The molecule has 16 heteroatoms. The fourth-order valence-electron chi connectivity index (χ4n) is 9.78. The van der Waals surface area contributed by atoms with E-state index in [1.54, 1.807) is 46.1 Å². The zero-order valence-corrected chi connectivity index (χ0v) is 37.9. The van der Waals surface area contributed by atoms with Gasteiger partial charge in [-0.3, -0.25) is 19.4 Å². The van der Waals surface area contributed by atoms with E-state index >= 15 is 0 Å². The second-order valence-electron chi connectivity index (χ2n) is 17.6. The summed E-state index contributed by atoms with van der Waals surface area (Å²) >= 11 is 0. The third-order valence-corrected chi connectivity index (χ3v) is 13.4. The quantitative estimate of drug-likeness (QED) is 0.138. The Morgan fingerprint density at radius 3 is 2.33 bits per heavy atom. The van der Waals surface area contributed by atoms with E-state index in [0.29, 0.717) is 51.4 Å². The number of carbonyl (C=O) groups excluding carboxylic acids is 4. The molecule has 4 amide bonds. The molecule has 0 spiro atoms. The van der Waals surface area contributed by atoms with Crippen LogP contribution in [0.2, 0.25) is 0 Å². The number of hydrogen-bond donors (Lipinski definition) is 3. The Morgan fingerprint density at radius 2 is 1.62 bits per heavy atom. The smallest absolute Gasteiger partial charge is 0.407 e. The van der Waals surface area contributed by atoms with Gasteiger partial charge in [-0.1, -0.05) is 32.0 Å². The van der Waals surface area contributed by atoms with Gasteiger partial charge in [0.05, 0.1) is 55.6 Å². The van der Waals surface area contributed by atoms with Gasteiger partial charge in [0.2, 0.25) is 17.7 Å². The maximum absolute atomic E-state index is 14.2. The highest BCUT2D eigenvalue weighted by Crippen LogP contribution is 2.45. The normalized spacial score (nSPS) is 21.8. The number of fused-ring (bicyclic) bond motifs is 6. The first-order chi connectivity index (χ1) is 30.8. The molecule has 0 saturated carbocycles. The van der Waals surface area contributed by atoms with E-state index in [0.717, 1.165) is 61.4 Å². The molecule has 340 valence electrons. The fourth-order valence-corrected chi connectivity index (χ4v) is 9.78. The number of nitrogens with zero attached hydrogens (tertiary/aromatic N) is 4. The number of rotatable bonds is 14. The standard InChI is InChI=1S/C48H59N7O9/c1-9-42(56)52-43(26(3)61-6)46(57)55-22-28(23-60-5)15-39(55)37-18-34-33-19-41-35(17-29(33)11-13-36(34)50-37)32-12-10-30(16-31(32)24-64-41)38-20-49-45(51-38)40-14-25(2)21-54(40)47(58)44(27(4)62-7)53-48(59)63-8/h10-13,16-17,19-20,25-28,39-40,43-44H,9,14-15,18,21-24H2,1-8H3,(H,49,51)(H,52,56)(H,53,59)/t25-,26+,27+,28-,39-,40-,43-,44-/m0/s1. The van der Waals surface area contributed by atoms with Gasteiger partial charge in [-0.2, -0.15) is 0 Å². The third-order valence-electron chi connectivity index (χ3n) is 13.4. The van der Waals surface area contributed by atoms with Crippen LogP contribution < -0.4 is 15.4 Å². The topological polar surface area (TPSA) is 186 Å². The molecule has 0 radical (unpaired) electrons. The molecule has 5 heterocycles. The number of likely N-dealkylation sites (tertiary alicyclic amines) is 2. The van der Waals surface area contributed by atoms with Crippen LogP contribution >= 0.6 is 0 Å². The number of imidazole rings is 1. The van der Waals surface area contributed by atoms with Crippen molar-refractivity contribution in [1.82, 2.24) is 30.4 Å². The lowest BCUT2D eigenvalue weighted by atomic mass is 9.90. The lowest BCUT2D eigenvalue weighted by Crippen LogP contribution is -2.56. The minimum absolute atomic E-state index is 0.123. The van der Waals surface area contributed by atoms with Gasteiger partial charge in [0.1, 0.15) is 30.3 Å². The third kappa shape index (κ3) is 8.58. The molecule has 8 rings (SSSR count). The Bertz CT molecular complexity index is 2470. The lowest BCUT2D eigenvalue weighted by Gasteiger charge is -2.31. The number of hydrogen-bond acceptors (Lipinski definition) is 11. The van der Waals surface area contributed by atoms with Gasteiger partial charge in [-0.15, -0.1) is 0 Å². The van der Waals surface area contributed by atoms with E-state index in [4.69, 9.17) is 33.7 Å². The molecule has 2 saturated heterocycles. The van der Waals surface area contributed by atoms with E-state index in [9.17, 15) is 19.2 Å². The van der Waals surface area contributed by atoms with Crippen molar-refractivity contribution >= 4 is 46.0 Å². The second kappa shape index (κ2) is 18.7. The number of nitrogens with one attached hydrogen (secondary N) is 3. The number of aliphatic imine (C=N–C) groups is 1. The van der Waals surface area contributed by atoms with Crippen molar-refractivity contribution in [3.8, 4) is 28.1 Å². The highest BCUT2D eigenvalue weighted by molar-refractivity contribution is 6.07. The Labute approximate surface area is 373 Å². The summed E-state index contributed by atoms with van der Waals surface area (Å²) in [5.41, 5.74) is 7.78. The molecule has 4 aliphatic rings. The Balaban J connectivity index is 1.02. The number of H-pyrrole nitrogens is 1. The molecule has 0 bridgehead atoms. The van der Waals surface area contributed by atoms with Gasteiger partial charge in [0.25, 0.3) is 0 Å². The highest BCUT2D eigenvalue weighted by Gasteiger charge is 2.44. The molecular formula is C48H59N7O9. The fraction of sp³-hybridized carbons (Fsp3) is 0.500. The summed E-state index contributed by atoms with van der Waals surface area (Å²) < 4.78 is 27.8. The highest BCUT2D eigenvalue weighted by atomic mass is 16.5. The number of aromatic amines is 1. The number of ether oxygens (including phenoxy) is 5. The molecular weight excluding hydrogens is 819 g/mol. The van der Waals surface area contributed by atoms with E-state index in [1.165, 1.54) is 14.2 Å². The molecule has 0 aliphatic carbocycles. The Morgan fingerprint density at radius 1 is 0.891 bits per heavy atom. The molecule has 64 heavy (non-hydrogen) atoms.